The Labute approximate surface area is 123 Å². The molecule has 0 atom stereocenters. The first kappa shape index (κ1) is 14.9. The lowest BCUT2D eigenvalue weighted by molar-refractivity contribution is -0.150. The number of amides is 2. The van der Waals surface area contributed by atoms with Gasteiger partial charge >= 0.3 is 0 Å². The molecule has 2 rings (SSSR count). The SMILES string of the molecule is CCN1CC(=O)N(CCOc2ccc(C#N)cc2)CC1=O. The van der Waals surface area contributed by atoms with Gasteiger partial charge in [0.1, 0.15) is 12.4 Å². The van der Waals surface area contributed by atoms with E-state index in [2.05, 4.69) is 0 Å². The van der Waals surface area contributed by atoms with E-state index in [9.17, 15) is 9.59 Å². The zero-order chi connectivity index (χ0) is 15.2. The van der Waals surface area contributed by atoms with Crippen LogP contribution in [-0.4, -0.2) is 54.4 Å². The van der Waals surface area contributed by atoms with Crippen molar-refractivity contribution in [1.29, 1.82) is 5.26 Å². The largest absolute Gasteiger partial charge is 0.492 e. The standard InChI is InChI=1S/C15H17N3O3/c1-2-17-10-15(20)18(11-14(17)19)7-8-21-13-5-3-12(9-16)4-6-13/h3-6H,2,7-8,10-11H2,1H3. The molecule has 0 radical (unpaired) electrons. The minimum atomic E-state index is -0.0557. The van der Waals surface area contributed by atoms with Gasteiger partial charge < -0.3 is 14.5 Å². The fourth-order valence-corrected chi connectivity index (χ4v) is 2.09. The van der Waals surface area contributed by atoms with Crippen LogP contribution in [0.4, 0.5) is 0 Å². The Morgan fingerprint density at radius 2 is 1.76 bits per heavy atom. The number of carbonyl (C=O) groups is 2. The van der Waals surface area contributed by atoms with Crippen LogP contribution in [0.25, 0.3) is 0 Å². The molecule has 0 saturated carbocycles. The van der Waals surface area contributed by atoms with Gasteiger partial charge in [-0.05, 0) is 31.2 Å². The van der Waals surface area contributed by atoms with E-state index < -0.39 is 0 Å². The van der Waals surface area contributed by atoms with Gasteiger partial charge in [-0.3, -0.25) is 9.59 Å². The van der Waals surface area contributed by atoms with Crippen LogP contribution >= 0.6 is 0 Å². The van der Waals surface area contributed by atoms with Crippen molar-refractivity contribution in [2.24, 2.45) is 0 Å². The summed E-state index contributed by atoms with van der Waals surface area (Å²) < 4.78 is 5.52. The van der Waals surface area contributed by atoms with Crippen LogP contribution in [0.15, 0.2) is 24.3 Å². The molecule has 110 valence electrons. The molecule has 1 aliphatic heterocycles. The molecule has 1 aromatic rings. The summed E-state index contributed by atoms with van der Waals surface area (Å²) in [5.74, 6) is 0.551. The quantitative estimate of drug-likeness (QED) is 0.796. The van der Waals surface area contributed by atoms with E-state index >= 15 is 0 Å². The van der Waals surface area contributed by atoms with E-state index in [-0.39, 0.29) is 24.9 Å². The Kier molecular flexibility index (Phi) is 4.77. The summed E-state index contributed by atoms with van der Waals surface area (Å²) in [5.41, 5.74) is 0.568. The first-order valence-corrected chi connectivity index (χ1v) is 6.82. The van der Waals surface area contributed by atoms with Gasteiger partial charge in [0.25, 0.3) is 0 Å². The average molecular weight is 287 g/mol. The highest BCUT2D eigenvalue weighted by Crippen LogP contribution is 2.12. The maximum atomic E-state index is 11.9. The first-order chi connectivity index (χ1) is 10.1. The summed E-state index contributed by atoms with van der Waals surface area (Å²) in [5, 5.41) is 8.70. The minimum absolute atomic E-state index is 0.0320. The highest BCUT2D eigenvalue weighted by molar-refractivity contribution is 5.92. The zero-order valence-corrected chi connectivity index (χ0v) is 11.9. The van der Waals surface area contributed by atoms with E-state index in [0.717, 1.165) is 0 Å². The molecule has 2 amide bonds. The number of hydrogen-bond acceptors (Lipinski definition) is 4. The van der Waals surface area contributed by atoms with Crippen LogP contribution < -0.4 is 4.74 Å². The lowest BCUT2D eigenvalue weighted by atomic mass is 10.2. The third-order valence-electron chi connectivity index (χ3n) is 3.35. The molecule has 0 aromatic heterocycles. The van der Waals surface area contributed by atoms with Gasteiger partial charge in [0, 0.05) is 6.54 Å². The number of ether oxygens (including phenoxy) is 1. The first-order valence-electron chi connectivity index (χ1n) is 6.82. The molecule has 0 aliphatic carbocycles. The van der Waals surface area contributed by atoms with Crippen molar-refractivity contribution < 1.29 is 14.3 Å². The molecule has 1 fully saturated rings. The molecule has 0 unspecified atom stereocenters. The van der Waals surface area contributed by atoms with Crippen molar-refractivity contribution >= 4 is 11.8 Å². The van der Waals surface area contributed by atoms with Crippen LogP contribution in [0.2, 0.25) is 0 Å². The molecule has 0 N–H and O–H groups in total. The molecular formula is C15H17N3O3. The predicted octanol–water partition coefficient (Wildman–Crippen LogP) is 0.628. The molecule has 6 heteroatoms. The summed E-state index contributed by atoms with van der Waals surface area (Å²) in [7, 11) is 0. The second-order valence-corrected chi connectivity index (χ2v) is 4.71. The molecule has 1 aromatic carbocycles. The topological polar surface area (TPSA) is 73.6 Å². The van der Waals surface area contributed by atoms with Crippen LogP contribution in [0.3, 0.4) is 0 Å². The van der Waals surface area contributed by atoms with Crippen LogP contribution in [0, 0.1) is 11.3 Å². The summed E-state index contributed by atoms with van der Waals surface area (Å²) in [6.45, 7) is 3.36. The fraction of sp³-hybridized carbons (Fsp3) is 0.400. The van der Waals surface area contributed by atoms with E-state index in [1.54, 1.807) is 29.2 Å². The van der Waals surface area contributed by atoms with Crippen LogP contribution in [0.5, 0.6) is 5.75 Å². The molecule has 0 spiro atoms. The summed E-state index contributed by atoms with van der Waals surface area (Å²) in [4.78, 5) is 26.7. The second kappa shape index (κ2) is 6.75. The van der Waals surface area contributed by atoms with Gasteiger partial charge in [0.2, 0.25) is 11.8 Å². The number of hydrogen-bond donors (Lipinski definition) is 0. The summed E-state index contributed by atoms with van der Waals surface area (Å²) in [6, 6.07) is 8.79. The van der Waals surface area contributed by atoms with Gasteiger partial charge in [0.05, 0.1) is 31.3 Å². The van der Waals surface area contributed by atoms with Crippen molar-refractivity contribution in [1.82, 2.24) is 9.80 Å². The number of carbonyl (C=O) groups excluding carboxylic acids is 2. The van der Waals surface area contributed by atoms with Crippen LogP contribution in [-0.2, 0) is 9.59 Å². The number of likely N-dealkylation sites (N-methyl/N-ethyl adjacent to an activating group) is 1. The Balaban J connectivity index is 1.81. The van der Waals surface area contributed by atoms with E-state index in [1.165, 1.54) is 4.90 Å². The maximum absolute atomic E-state index is 11.9. The van der Waals surface area contributed by atoms with E-state index in [0.29, 0.717) is 31.0 Å². The zero-order valence-electron chi connectivity index (χ0n) is 11.9. The van der Waals surface area contributed by atoms with Gasteiger partial charge in [-0.15, -0.1) is 0 Å². The summed E-state index contributed by atoms with van der Waals surface area (Å²) in [6.07, 6.45) is 0. The highest BCUT2D eigenvalue weighted by atomic mass is 16.5. The molecule has 1 saturated heterocycles. The van der Waals surface area contributed by atoms with E-state index in [4.69, 9.17) is 10.00 Å². The highest BCUT2D eigenvalue weighted by Gasteiger charge is 2.28. The van der Waals surface area contributed by atoms with Crippen molar-refractivity contribution in [3.05, 3.63) is 29.8 Å². The Morgan fingerprint density at radius 3 is 2.38 bits per heavy atom. The third-order valence-corrected chi connectivity index (χ3v) is 3.35. The number of nitriles is 1. The van der Waals surface area contributed by atoms with Crippen molar-refractivity contribution in [3.8, 4) is 11.8 Å². The smallest absolute Gasteiger partial charge is 0.242 e. The van der Waals surface area contributed by atoms with Gasteiger partial charge in [-0.2, -0.15) is 5.26 Å². The van der Waals surface area contributed by atoms with Gasteiger partial charge in [-0.1, -0.05) is 0 Å². The van der Waals surface area contributed by atoms with Crippen molar-refractivity contribution in [2.45, 2.75) is 6.92 Å². The Bertz CT molecular complexity index is 563. The van der Waals surface area contributed by atoms with E-state index in [1.807, 2.05) is 13.0 Å². The van der Waals surface area contributed by atoms with Gasteiger partial charge in [0.15, 0.2) is 0 Å². The predicted molar refractivity (Wildman–Crippen MR) is 75.5 cm³/mol. The van der Waals surface area contributed by atoms with Crippen LogP contribution in [0.1, 0.15) is 12.5 Å². The summed E-state index contributed by atoms with van der Waals surface area (Å²) >= 11 is 0. The molecule has 21 heavy (non-hydrogen) atoms. The normalized spacial score (nSPS) is 15.0. The fourth-order valence-electron chi connectivity index (χ4n) is 2.09. The number of piperazine rings is 1. The molecule has 6 nitrogen and oxygen atoms in total. The average Bonchev–Trinajstić information content (AvgIpc) is 2.51. The number of nitrogens with zero attached hydrogens (tertiary/aromatic N) is 3. The second-order valence-electron chi connectivity index (χ2n) is 4.71. The van der Waals surface area contributed by atoms with Gasteiger partial charge in [-0.25, -0.2) is 0 Å². The number of rotatable bonds is 5. The Hall–Kier alpha value is -2.55. The number of benzene rings is 1. The monoisotopic (exact) mass is 287 g/mol. The maximum Gasteiger partial charge on any atom is 0.242 e. The molecule has 1 heterocycles. The minimum Gasteiger partial charge on any atom is -0.492 e. The third kappa shape index (κ3) is 3.72. The molecule has 0 bridgehead atoms. The van der Waals surface area contributed by atoms with Crippen molar-refractivity contribution in [2.75, 3.05) is 32.8 Å². The lowest BCUT2D eigenvalue weighted by Crippen LogP contribution is -2.54. The Morgan fingerprint density at radius 1 is 1.14 bits per heavy atom. The molecular weight excluding hydrogens is 270 g/mol. The lowest BCUT2D eigenvalue weighted by Gasteiger charge is -2.33. The molecule has 1 aliphatic rings. The van der Waals surface area contributed by atoms with Crippen molar-refractivity contribution in [3.63, 3.8) is 0 Å².